The normalized spacial score (nSPS) is 11.7. The molecule has 0 aliphatic carbocycles. The summed E-state index contributed by atoms with van der Waals surface area (Å²) in [6, 6.07) is 3.05. The van der Waals surface area contributed by atoms with Crippen molar-refractivity contribution in [2.45, 2.75) is 13.0 Å². The van der Waals surface area contributed by atoms with Gasteiger partial charge in [-0.15, -0.1) is 0 Å². The van der Waals surface area contributed by atoms with E-state index in [9.17, 15) is 14.7 Å². The molecular formula is C11H14N2O4. The molecule has 6 nitrogen and oxygen atoms in total. The lowest BCUT2D eigenvalue weighted by Crippen LogP contribution is -2.19. The number of aliphatic hydroxyl groups excluding tert-OH is 1. The zero-order valence-electron chi connectivity index (χ0n) is 9.64. The summed E-state index contributed by atoms with van der Waals surface area (Å²) in [5.74, 6) is -0.759. The van der Waals surface area contributed by atoms with E-state index in [1.807, 2.05) is 0 Å². The van der Waals surface area contributed by atoms with Gasteiger partial charge in [-0.3, -0.25) is 14.6 Å². The van der Waals surface area contributed by atoms with Gasteiger partial charge in [0.2, 0.25) is 0 Å². The van der Waals surface area contributed by atoms with E-state index in [2.05, 4.69) is 15.0 Å². The van der Waals surface area contributed by atoms with Gasteiger partial charge in [0.1, 0.15) is 18.4 Å². The van der Waals surface area contributed by atoms with Gasteiger partial charge >= 0.3 is 5.97 Å². The first kappa shape index (κ1) is 13.1. The van der Waals surface area contributed by atoms with Crippen LogP contribution >= 0.6 is 0 Å². The number of hydrogen-bond donors (Lipinski definition) is 2. The van der Waals surface area contributed by atoms with Crippen LogP contribution in [0.25, 0.3) is 0 Å². The molecule has 0 aliphatic heterocycles. The maximum atomic E-state index is 11.2. The van der Waals surface area contributed by atoms with E-state index in [-0.39, 0.29) is 18.2 Å². The van der Waals surface area contributed by atoms with Gasteiger partial charge in [0.15, 0.2) is 0 Å². The van der Waals surface area contributed by atoms with Gasteiger partial charge in [0.05, 0.1) is 0 Å². The van der Waals surface area contributed by atoms with Crippen molar-refractivity contribution >= 4 is 11.9 Å². The Morgan fingerprint density at radius 2 is 2.24 bits per heavy atom. The van der Waals surface area contributed by atoms with E-state index in [1.54, 1.807) is 6.07 Å². The standard InChI is InChI=1S/C11H14N2O4/c1-7(14)17-6-10(15)8-3-4-9(13-5-8)11(16)12-2/h3-5,10,15H,6H2,1-2H3,(H,12,16)/t10-/m0/s1. The number of carbonyl (C=O) groups excluding carboxylic acids is 2. The minimum Gasteiger partial charge on any atom is -0.463 e. The maximum Gasteiger partial charge on any atom is 0.302 e. The molecule has 0 bridgehead atoms. The van der Waals surface area contributed by atoms with Gasteiger partial charge in [-0.2, -0.15) is 0 Å². The highest BCUT2D eigenvalue weighted by Gasteiger charge is 2.11. The van der Waals surface area contributed by atoms with Crippen LogP contribution in [0.3, 0.4) is 0 Å². The largest absolute Gasteiger partial charge is 0.463 e. The van der Waals surface area contributed by atoms with Crippen molar-refractivity contribution in [1.29, 1.82) is 0 Å². The Morgan fingerprint density at radius 3 is 2.71 bits per heavy atom. The number of aliphatic hydroxyl groups is 1. The zero-order valence-corrected chi connectivity index (χ0v) is 9.64. The Morgan fingerprint density at radius 1 is 1.53 bits per heavy atom. The van der Waals surface area contributed by atoms with Gasteiger partial charge < -0.3 is 15.2 Å². The van der Waals surface area contributed by atoms with Crippen LogP contribution < -0.4 is 5.32 Å². The second-order valence-corrected chi connectivity index (χ2v) is 3.37. The SMILES string of the molecule is CNC(=O)c1ccc([C@@H](O)COC(C)=O)cn1. The Hall–Kier alpha value is -1.95. The molecule has 1 heterocycles. The summed E-state index contributed by atoms with van der Waals surface area (Å²) in [7, 11) is 1.51. The summed E-state index contributed by atoms with van der Waals surface area (Å²) in [6.07, 6.45) is 0.434. The molecule has 0 aromatic carbocycles. The monoisotopic (exact) mass is 238 g/mol. The van der Waals surface area contributed by atoms with Gasteiger partial charge in [0, 0.05) is 25.7 Å². The molecule has 17 heavy (non-hydrogen) atoms. The molecule has 1 amide bonds. The number of amides is 1. The molecule has 0 radical (unpaired) electrons. The number of hydrogen-bond acceptors (Lipinski definition) is 5. The molecule has 0 saturated heterocycles. The van der Waals surface area contributed by atoms with Crippen molar-refractivity contribution in [2.75, 3.05) is 13.7 Å². The second kappa shape index (κ2) is 5.95. The van der Waals surface area contributed by atoms with Crippen molar-refractivity contribution in [3.05, 3.63) is 29.6 Å². The second-order valence-electron chi connectivity index (χ2n) is 3.37. The van der Waals surface area contributed by atoms with E-state index < -0.39 is 12.1 Å². The Bertz CT molecular complexity index is 402. The summed E-state index contributed by atoms with van der Waals surface area (Å²) in [5, 5.41) is 12.1. The van der Waals surface area contributed by atoms with Crippen molar-refractivity contribution in [3.63, 3.8) is 0 Å². The molecule has 0 unspecified atom stereocenters. The van der Waals surface area contributed by atoms with Crippen LogP contribution in [0.15, 0.2) is 18.3 Å². The first-order chi connectivity index (χ1) is 8.04. The van der Waals surface area contributed by atoms with Crippen molar-refractivity contribution in [1.82, 2.24) is 10.3 Å². The molecule has 0 saturated carbocycles. The van der Waals surface area contributed by atoms with Crippen LogP contribution in [-0.4, -0.2) is 35.6 Å². The Kier molecular flexibility index (Phi) is 4.59. The molecule has 6 heteroatoms. The molecule has 0 aliphatic rings. The number of rotatable bonds is 4. The van der Waals surface area contributed by atoms with Crippen molar-refractivity contribution in [3.8, 4) is 0 Å². The Balaban J connectivity index is 2.66. The fourth-order valence-corrected chi connectivity index (χ4v) is 1.16. The van der Waals surface area contributed by atoms with E-state index >= 15 is 0 Å². The molecule has 1 atom stereocenters. The lowest BCUT2D eigenvalue weighted by molar-refractivity contribution is -0.144. The Labute approximate surface area is 98.6 Å². The topological polar surface area (TPSA) is 88.5 Å². The fourth-order valence-electron chi connectivity index (χ4n) is 1.16. The molecule has 92 valence electrons. The fraction of sp³-hybridized carbons (Fsp3) is 0.364. The molecule has 1 aromatic rings. The third kappa shape index (κ3) is 3.84. The van der Waals surface area contributed by atoms with Crippen molar-refractivity contribution in [2.24, 2.45) is 0 Å². The zero-order chi connectivity index (χ0) is 12.8. The molecule has 1 aromatic heterocycles. The predicted octanol–water partition coefficient (Wildman–Crippen LogP) is 0.0377. The van der Waals surface area contributed by atoms with Gasteiger partial charge in [-0.05, 0) is 6.07 Å². The smallest absolute Gasteiger partial charge is 0.302 e. The van der Waals surface area contributed by atoms with Crippen LogP contribution in [0.2, 0.25) is 0 Å². The minimum atomic E-state index is -0.940. The molecule has 2 N–H and O–H groups in total. The maximum absolute atomic E-state index is 11.2. The van der Waals surface area contributed by atoms with Crippen LogP contribution in [0.5, 0.6) is 0 Å². The minimum absolute atomic E-state index is 0.129. The van der Waals surface area contributed by atoms with Crippen LogP contribution in [0.4, 0.5) is 0 Å². The summed E-state index contributed by atoms with van der Waals surface area (Å²) in [4.78, 5) is 25.6. The summed E-state index contributed by atoms with van der Waals surface area (Å²) in [5.41, 5.74) is 0.745. The van der Waals surface area contributed by atoms with E-state index in [4.69, 9.17) is 0 Å². The van der Waals surface area contributed by atoms with Gasteiger partial charge in [-0.1, -0.05) is 6.07 Å². The predicted molar refractivity (Wildman–Crippen MR) is 59.2 cm³/mol. The van der Waals surface area contributed by atoms with Crippen molar-refractivity contribution < 1.29 is 19.4 Å². The number of nitrogens with one attached hydrogen (secondary N) is 1. The first-order valence-corrected chi connectivity index (χ1v) is 5.04. The number of esters is 1. The summed E-state index contributed by atoms with van der Waals surface area (Å²) < 4.78 is 4.66. The number of pyridine rings is 1. The molecule has 0 spiro atoms. The highest BCUT2D eigenvalue weighted by molar-refractivity contribution is 5.91. The van der Waals surface area contributed by atoms with E-state index in [0.717, 1.165) is 0 Å². The number of ether oxygens (including phenoxy) is 1. The molecule has 0 fully saturated rings. The van der Waals surface area contributed by atoms with Crippen LogP contribution in [0, 0.1) is 0 Å². The van der Waals surface area contributed by atoms with E-state index in [1.165, 1.54) is 26.2 Å². The average Bonchev–Trinajstić information content (AvgIpc) is 2.35. The van der Waals surface area contributed by atoms with E-state index in [0.29, 0.717) is 5.56 Å². The number of carbonyl (C=O) groups is 2. The number of aromatic nitrogens is 1. The summed E-state index contributed by atoms with van der Waals surface area (Å²) >= 11 is 0. The van der Waals surface area contributed by atoms with Crippen LogP contribution in [0.1, 0.15) is 29.1 Å². The summed E-state index contributed by atoms with van der Waals surface area (Å²) in [6.45, 7) is 1.13. The third-order valence-electron chi connectivity index (χ3n) is 2.08. The number of nitrogens with zero attached hydrogens (tertiary/aromatic N) is 1. The lowest BCUT2D eigenvalue weighted by atomic mass is 10.1. The third-order valence-corrected chi connectivity index (χ3v) is 2.08. The molecular weight excluding hydrogens is 224 g/mol. The first-order valence-electron chi connectivity index (χ1n) is 5.04. The van der Waals surface area contributed by atoms with Gasteiger partial charge in [0.25, 0.3) is 5.91 Å². The lowest BCUT2D eigenvalue weighted by Gasteiger charge is -2.10. The van der Waals surface area contributed by atoms with Crippen LogP contribution in [-0.2, 0) is 9.53 Å². The quantitative estimate of drug-likeness (QED) is 0.723. The highest BCUT2D eigenvalue weighted by Crippen LogP contribution is 2.12. The average molecular weight is 238 g/mol. The highest BCUT2D eigenvalue weighted by atomic mass is 16.5. The molecule has 1 rings (SSSR count). The van der Waals surface area contributed by atoms with Gasteiger partial charge in [-0.25, -0.2) is 0 Å².